The molecular formula is C14H19BrN2O2. The number of likely N-dealkylation sites (tertiary alicyclic amines) is 1. The first kappa shape index (κ1) is 14.5. The molecule has 0 aliphatic carbocycles. The summed E-state index contributed by atoms with van der Waals surface area (Å²) in [5.41, 5.74) is 0.803. The Morgan fingerprint density at radius 2 is 1.95 bits per heavy atom. The van der Waals surface area contributed by atoms with Crippen LogP contribution in [0.25, 0.3) is 0 Å². The molecule has 0 unspecified atom stereocenters. The number of hydrogen-bond acceptors (Lipinski definition) is 3. The van der Waals surface area contributed by atoms with E-state index in [1.807, 2.05) is 31.2 Å². The minimum absolute atomic E-state index is 0.00119. The lowest BCUT2D eigenvalue weighted by molar-refractivity contribution is -0.121. The highest BCUT2D eigenvalue weighted by Crippen LogP contribution is 2.16. The lowest BCUT2D eigenvalue weighted by atomic mass is 10.1. The van der Waals surface area contributed by atoms with Crippen LogP contribution in [0.3, 0.4) is 0 Å². The van der Waals surface area contributed by atoms with Gasteiger partial charge in [-0.1, -0.05) is 15.9 Å². The highest BCUT2D eigenvalue weighted by molar-refractivity contribution is 9.10. The van der Waals surface area contributed by atoms with Crippen molar-refractivity contribution in [3.63, 3.8) is 0 Å². The Bertz CT molecular complexity index is 428. The molecule has 104 valence electrons. The van der Waals surface area contributed by atoms with Crippen molar-refractivity contribution in [3.05, 3.63) is 28.7 Å². The van der Waals surface area contributed by atoms with Crippen molar-refractivity contribution in [3.8, 4) is 0 Å². The monoisotopic (exact) mass is 326 g/mol. The van der Waals surface area contributed by atoms with Gasteiger partial charge in [0.2, 0.25) is 5.91 Å². The Morgan fingerprint density at radius 1 is 1.37 bits per heavy atom. The molecule has 2 rings (SSSR count). The number of nitrogens with one attached hydrogen (secondary N) is 1. The average Bonchev–Trinajstić information content (AvgIpc) is 2.41. The largest absolute Gasteiger partial charge is 0.393 e. The third-order valence-electron chi connectivity index (χ3n) is 3.54. The Balaban J connectivity index is 1.90. The zero-order chi connectivity index (χ0) is 13.8. The number of anilines is 1. The smallest absolute Gasteiger partial charge is 0.241 e. The molecule has 1 aromatic carbocycles. The molecule has 0 radical (unpaired) electrons. The molecule has 0 bridgehead atoms. The van der Waals surface area contributed by atoms with Crippen LogP contribution in [0, 0.1) is 0 Å². The first-order chi connectivity index (χ1) is 9.06. The summed E-state index contributed by atoms with van der Waals surface area (Å²) < 4.78 is 0.989. The third-order valence-corrected chi connectivity index (χ3v) is 4.07. The molecule has 2 N–H and O–H groups in total. The van der Waals surface area contributed by atoms with Gasteiger partial charge in [-0.3, -0.25) is 9.69 Å². The number of amides is 1. The number of rotatable bonds is 3. The van der Waals surface area contributed by atoms with Crippen molar-refractivity contribution in [2.24, 2.45) is 0 Å². The van der Waals surface area contributed by atoms with Gasteiger partial charge in [0.05, 0.1) is 12.1 Å². The molecule has 1 heterocycles. The van der Waals surface area contributed by atoms with Crippen molar-refractivity contribution in [1.29, 1.82) is 0 Å². The summed E-state index contributed by atoms with van der Waals surface area (Å²) in [6.07, 6.45) is 1.28. The molecule has 0 aromatic heterocycles. The van der Waals surface area contributed by atoms with Crippen molar-refractivity contribution < 1.29 is 9.90 Å². The number of aliphatic hydroxyl groups excluding tert-OH is 1. The van der Waals surface area contributed by atoms with Gasteiger partial charge in [0.1, 0.15) is 0 Å². The van der Waals surface area contributed by atoms with Crippen molar-refractivity contribution in [2.45, 2.75) is 31.9 Å². The number of nitrogens with zero attached hydrogens (tertiary/aromatic N) is 1. The first-order valence-electron chi connectivity index (χ1n) is 6.55. The molecule has 1 atom stereocenters. The number of carbonyl (C=O) groups excluding carboxylic acids is 1. The van der Waals surface area contributed by atoms with Gasteiger partial charge in [-0.2, -0.15) is 0 Å². The number of carbonyl (C=O) groups is 1. The van der Waals surface area contributed by atoms with Crippen LogP contribution >= 0.6 is 15.9 Å². The van der Waals surface area contributed by atoms with Crippen molar-refractivity contribution >= 4 is 27.5 Å². The maximum atomic E-state index is 12.2. The molecule has 4 nitrogen and oxygen atoms in total. The summed E-state index contributed by atoms with van der Waals surface area (Å²) in [6, 6.07) is 7.37. The maximum absolute atomic E-state index is 12.2. The van der Waals surface area contributed by atoms with E-state index < -0.39 is 0 Å². The Labute approximate surface area is 121 Å². The van der Waals surface area contributed by atoms with Gasteiger partial charge in [0.15, 0.2) is 0 Å². The van der Waals surface area contributed by atoms with Gasteiger partial charge in [-0.15, -0.1) is 0 Å². The molecule has 1 amide bonds. The minimum atomic E-state index is -0.210. The fourth-order valence-electron chi connectivity index (χ4n) is 2.22. The zero-order valence-corrected chi connectivity index (χ0v) is 12.6. The molecule has 1 aromatic rings. The number of aliphatic hydroxyl groups is 1. The molecule has 1 saturated heterocycles. The number of piperidine rings is 1. The van der Waals surface area contributed by atoms with Crippen molar-refractivity contribution in [2.75, 3.05) is 18.4 Å². The third kappa shape index (κ3) is 4.03. The van der Waals surface area contributed by atoms with E-state index in [9.17, 15) is 9.90 Å². The Morgan fingerprint density at radius 3 is 2.53 bits per heavy atom. The zero-order valence-electron chi connectivity index (χ0n) is 11.0. The van der Waals surface area contributed by atoms with E-state index in [1.165, 1.54) is 0 Å². The molecule has 19 heavy (non-hydrogen) atoms. The second kappa shape index (κ2) is 6.50. The van der Waals surface area contributed by atoms with Gasteiger partial charge in [-0.25, -0.2) is 0 Å². The lowest BCUT2D eigenvalue weighted by Gasteiger charge is -2.33. The summed E-state index contributed by atoms with van der Waals surface area (Å²) in [5.74, 6) is -0.00119. The molecule has 0 saturated carbocycles. The second-order valence-corrected chi connectivity index (χ2v) is 5.85. The normalized spacial score (nSPS) is 19.1. The highest BCUT2D eigenvalue weighted by atomic mass is 79.9. The summed E-state index contributed by atoms with van der Waals surface area (Å²) in [5, 5.41) is 12.4. The summed E-state index contributed by atoms with van der Waals surface area (Å²) in [4.78, 5) is 14.3. The molecular weight excluding hydrogens is 308 g/mol. The predicted molar refractivity (Wildman–Crippen MR) is 79.0 cm³/mol. The number of hydrogen-bond donors (Lipinski definition) is 2. The first-order valence-corrected chi connectivity index (χ1v) is 7.34. The van der Waals surface area contributed by atoms with E-state index in [4.69, 9.17) is 0 Å². The van der Waals surface area contributed by atoms with Crippen LogP contribution in [-0.4, -0.2) is 41.1 Å². The standard InChI is InChI=1S/C14H19BrN2O2/c1-10(17-8-6-13(18)7-9-17)14(19)16-12-4-2-11(15)3-5-12/h2-5,10,13,18H,6-9H2,1H3,(H,16,19)/t10-/m1/s1. The van der Waals surface area contributed by atoms with E-state index in [-0.39, 0.29) is 18.1 Å². The van der Waals surface area contributed by atoms with E-state index in [1.54, 1.807) is 0 Å². The summed E-state index contributed by atoms with van der Waals surface area (Å²) in [6.45, 7) is 3.46. The van der Waals surface area contributed by atoms with Crippen LogP contribution in [-0.2, 0) is 4.79 Å². The van der Waals surface area contributed by atoms with E-state index in [2.05, 4.69) is 26.1 Å². The van der Waals surface area contributed by atoms with Crippen LogP contribution < -0.4 is 5.32 Å². The minimum Gasteiger partial charge on any atom is -0.393 e. The quantitative estimate of drug-likeness (QED) is 0.895. The molecule has 1 aliphatic heterocycles. The van der Waals surface area contributed by atoms with E-state index >= 15 is 0 Å². The highest BCUT2D eigenvalue weighted by Gasteiger charge is 2.25. The average molecular weight is 327 g/mol. The topological polar surface area (TPSA) is 52.6 Å². The van der Waals surface area contributed by atoms with Gasteiger partial charge < -0.3 is 10.4 Å². The summed E-state index contributed by atoms with van der Waals surface area (Å²) >= 11 is 3.36. The van der Waals surface area contributed by atoms with E-state index in [0.717, 1.165) is 36.1 Å². The number of halogens is 1. The predicted octanol–water partition coefficient (Wildman–Crippen LogP) is 2.23. The van der Waals surface area contributed by atoms with Crippen molar-refractivity contribution in [1.82, 2.24) is 4.90 Å². The fourth-order valence-corrected chi connectivity index (χ4v) is 2.48. The van der Waals surface area contributed by atoms with Gasteiger partial charge >= 0.3 is 0 Å². The molecule has 1 fully saturated rings. The van der Waals surface area contributed by atoms with Gasteiger partial charge in [-0.05, 0) is 44.0 Å². The van der Waals surface area contributed by atoms with Crippen LogP contribution in [0.5, 0.6) is 0 Å². The Hall–Kier alpha value is -0.910. The molecule has 1 aliphatic rings. The lowest BCUT2D eigenvalue weighted by Crippen LogP contribution is -2.47. The van der Waals surface area contributed by atoms with Gasteiger partial charge in [0, 0.05) is 23.2 Å². The molecule has 0 spiro atoms. The maximum Gasteiger partial charge on any atom is 0.241 e. The van der Waals surface area contributed by atoms with Crippen LogP contribution in [0.1, 0.15) is 19.8 Å². The van der Waals surface area contributed by atoms with E-state index in [0.29, 0.717) is 0 Å². The fraction of sp³-hybridized carbons (Fsp3) is 0.500. The second-order valence-electron chi connectivity index (χ2n) is 4.94. The van der Waals surface area contributed by atoms with Crippen LogP contribution in [0.4, 0.5) is 5.69 Å². The summed E-state index contributed by atoms with van der Waals surface area (Å²) in [7, 11) is 0. The number of benzene rings is 1. The molecule has 5 heteroatoms. The van der Waals surface area contributed by atoms with Crippen LogP contribution in [0.2, 0.25) is 0 Å². The van der Waals surface area contributed by atoms with Gasteiger partial charge in [0.25, 0.3) is 0 Å². The SMILES string of the molecule is C[C@H](C(=O)Nc1ccc(Br)cc1)N1CCC(O)CC1. The Kier molecular flexibility index (Phi) is 4.96. The van der Waals surface area contributed by atoms with Crippen LogP contribution in [0.15, 0.2) is 28.7 Å².